The van der Waals surface area contributed by atoms with Crippen LogP contribution in [0.2, 0.25) is 10.0 Å². The molecule has 0 heterocycles. The summed E-state index contributed by atoms with van der Waals surface area (Å²) < 4.78 is 32.7. The minimum atomic E-state index is -4.01. The molecule has 184 valence electrons. The van der Waals surface area contributed by atoms with Gasteiger partial charge in [-0.3, -0.25) is 9.59 Å². The first-order valence-corrected chi connectivity index (χ1v) is 12.9. The van der Waals surface area contributed by atoms with Gasteiger partial charge in [-0.15, -0.1) is 0 Å². The molecule has 1 N–H and O–H groups in total. The van der Waals surface area contributed by atoms with Crippen LogP contribution in [0.4, 0.5) is 5.69 Å². The average Bonchev–Trinajstić information content (AvgIpc) is 2.82. The van der Waals surface area contributed by atoms with E-state index in [2.05, 4.69) is 5.32 Å². The molecule has 0 aromatic heterocycles. The summed E-state index contributed by atoms with van der Waals surface area (Å²) in [6.07, 6.45) is 0.118. The Hall–Kier alpha value is -2.91. The van der Waals surface area contributed by atoms with Gasteiger partial charge in [-0.25, -0.2) is 8.42 Å². The van der Waals surface area contributed by atoms with Gasteiger partial charge in [-0.05, 0) is 54.4 Å². The Balaban J connectivity index is 1.78. The van der Waals surface area contributed by atoms with Crippen LogP contribution in [-0.4, -0.2) is 37.8 Å². The van der Waals surface area contributed by atoms with Crippen molar-refractivity contribution in [2.24, 2.45) is 0 Å². The highest BCUT2D eigenvalue weighted by Crippen LogP contribution is 2.25. The molecule has 3 aromatic carbocycles. The third kappa shape index (κ3) is 7.53. The van der Waals surface area contributed by atoms with Crippen molar-refractivity contribution in [1.82, 2.24) is 4.31 Å². The Bertz CT molecular complexity index is 1280. The molecule has 0 saturated carbocycles. The Kier molecular flexibility index (Phi) is 9.28. The zero-order chi connectivity index (χ0) is 25.4. The van der Waals surface area contributed by atoms with Crippen LogP contribution in [0.15, 0.2) is 77.7 Å². The summed E-state index contributed by atoms with van der Waals surface area (Å²) in [5, 5.41) is 3.41. The van der Waals surface area contributed by atoms with Crippen LogP contribution >= 0.6 is 23.2 Å². The zero-order valence-electron chi connectivity index (χ0n) is 18.9. The van der Waals surface area contributed by atoms with Crippen molar-refractivity contribution in [3.8, 4) is 0 Å². The number of amides is 1. The predicted octanol–water partition coefficient (Wildman–Crippen LogP) is 4.93. The van der Waals surface area contributed by atoms with Crippen molar-refractivity contribution in [2.45, 2.75) is 24.8 Å². The highest BCUT2D eigenvalue weighted by molar-refractivity contribution is 7.89. The number of sulfonamides is 1. The van der Waals surface area contributed by atoms with E-state index < -0.39 is 22.5 Å². The minimum Gasteiger partial charge on any atom is -0.466 e. The molecule has 7 nitrogen and oxygen atoms in total. The maximum atomic E-state index is 13.3. The van der Waals surface area contributed by atoms with E-state index in [0.717, 1.165) is 9.87 Å². The van der Waals surface area contributed by atoms with Crippen molar-refractivity contribution in [3.63, 3.8) is 0 Å². The van der Waals surface area contributed by atoms with Crippen molar-refractivity contribution in [2.75, 3.05) is 18.5 Å². The lowest BCUT2D eigenvalue weighted by Crippen LogP contribution is -2.37. The van der Waals surface area contributed by atoms with Crippen LogP contribution in [0.1, 0.15) is 18.1 Å². The van der Waals surface area contributed by atoms with E-state index in [1.807, 2.05) is 0 Å². The first kappa shape index (κ1) is 26.7. The molecule has 0 aliphatic carbocycles. The van der Waals surface area contributed by atoms with E-state index in [-0.39, 0.29) is 23.8 Å². The quantitative estimate of drug-likeness (QED) is 0.372. The molecule has 0 atom stereocenters. The summed E-state index contributed by atoms with van der Waals surface area (Å²) in [6.45, 7) is 1.47. The molecule has 3 rings (SSSR count). The fraction of sp³-hybridized carbons (Fsp3) is 0.200. The standard InChI is InChI=1S/C25H24Cl2N2O5S/c1-2-34-25(31)14-18-8-12-21(13-9-18)28-24(30)17-29(16-19-10-11-20(26)15-23(19)27)35(32,33)22-6-4-3-5-7-22/h3-13,15H,2,14,16-17H2,1H3,(H,28,30). The average molecular weight is 535 g/mol. The van der Waals surface area contributed by atoms with Crippen LogP contribution in [0.3, 0.4) is 0 Å². The van der Waals surface area contributed by atoms with Crippen molar-refractivity contribution in [1.29, 1.82) is 0 Å². The summed E-state index contributed by atoms with van der Waals surface area (Å²) in [5.74, 6) is -0.875. The molecule has 0 spiro atoms. The maximum absolute atomic E-state index is 13.3. The second-order valence-electron chi connectivity index (χ2n) is 7.55. The van der Waals surface area contributed by atoms with Crippen molar-refractivity contribution >= 4 is 50.8 Å². The summed E-state index contributed by atoms with van der Waals surface area (Å²) in [4.78, 5) is 24.5. The summed E-state index contributed by atoms with van der Waals surface area (Å²) in [5.41, 5.74) is 1.70. The molecule has 0 aliphatic heterocycles. The number of rotatable bonds is 10. The van der Waals surface area contributed by atoms with Gasteiger partial charge in [0.25, 0.3) is 0 Å². The highest BCUT2D eigenvalue weighted by Gasteiger charge is 2.27. The number of esters is 1. The zero-order valence-corrected chi connectivity index (χ0v) is 21.2. The van der Waals surface area contributed by atoms with E-state index in [4.69, 9.17) is 27.9 Å². The van der Waals surface area contributed by atoms with Gasteiger partial charge in [-0.1, -0.05) is 59.6 Å². The number of nitrogens with zero attached hydrogens (tertiary/aromatic N) is 1. The molecule has 35 heavy (non-hydrogen) atoms. The molecule has 3 aromatic rings. The third-order valence-corrected chi connectivity index (χ3v) is 7.35. The van der Waals surface area contributed by atoms with Crippen LogP contribution in [0.5, 0.6) is 0 Å². The van der Waals surface area contributed by atoms with E-state index in [9.17, 15) is 18.0 Å². The highest BCUT2D eigenvalue weighted by atomic mass is 35.5. The van der Waals surface area contributed by atoms with Gasteiger partial charge in [-0.2, -0.15) is 4.31 Å². The lowest BCUT2D eigenvalue weighted by atomic mass is 10.1. The van der Waals surface area contributed by atoms with Gasteiger partial charge < -0.3 is 10.1 Å². The molecule has 0 aliphatic rings. The second-order valence-corrected chi connectivity index (χ2v) is 10.3. The van der Waals surface area contributed by atoms with Gasteiger partial charge >= 0.3 is 5.97 Å². The Morgan fingerprint density at radius 1 is 0.971 bits per heavy atom. The van der Waals surface area contributed by atoms with Gasteiger partial charge in [0.2, 0.25) is 15.9 Å². The van der Waals surface area contributed by atoms with Crippen LogP contribution in [0.25, 0.3) is 0 Å². The van der Waals surface area contributed by atoms with Crippen molar-refractivity contribution < 1.29 is 22.7 Å². The number of benzene rings is 3. The number of halogens is 2. The van der Waals surface area contributed by atoms with E-state index >= 15 is 0 Å². The van der Waals surface area contributed by atoms with E-state index in [1.165, 1.54) is 18.2 Å². The number of hydrogen-bond donors (Lipinski definition) is 1. The summed E-state index contributed by atoms with van der Waals surface area (Å²) >= 11 is 12.2. The van der Waals surface area contributed by atoms with Gasteiger partial charge in [0, 0.05) is 22.3 Å². The Labute approximate surface area is 214 Å². The number of hydrogen-bond acceptors (Lipinski definition) is 5. The first-order valence-electron chi connectivity index (χ1n) is 10.7. The minimum absolute atomic E-state index is 0.0567. The molecular formula is C25H24Cl2N2O5S. The van der Waals surface area contributed by atoms with Crippen LogP contribution in [-0.2, 0) is 37.3 Å². The molecule has 10 heteroatoms. The summed E-state index contributed by atoms with van der Waals surface area (Å²) in [7, 11) is -4.01. The second kappa shape index (κ2) is 12.2. The number of ether oxygens (including phenoxy) is 1. The SMILES string of the molecule is CCOC(=O)Cc1ccc(NC(=O)CN(Cc2ccc(Cl)cc2Cl)S(=O)(=O)c2ccccc2)cc1. The Morgan fingerprint density at radius 2 is 1.66 bits per heavy atom. The van der Waals surface area contributed by atoms with Gasteiger partial charge in [0.1, 0.15) is 0 Å². The normalized spacial score (nSPS) is 11.3. The first-order chi connectivity index (χ1) is 16.7. The molecule has 0 radical (unpaired) electrons. The smallest absolute Gasteiger partial charge is 0.310 e. The Morgan fingerprint density at radius 3 is 2.29 bits per heavy atom. The monoisotopic (exact) mass is 534 g/mol. The number of anilines is 1. The van der Waals surface area contributed by atoms with Crippen LogP contribution in [0, 0.1) is 0 Å². The molecular weight excluding hydrogens is 511 g/mol. The van der Waals surface area contributed by atoms with E-state index in [1.54, 1.807) is 61.5 Å². The van der Waals surface area contributed by atoms with Gasteiger partial charge in [0.15, 0.2) is 0 Å². The largest absolute Gasteiger partial charge is 0.466 e. The third-order valence-electron chi connectivity index (χ3n) is 4.95. The molecule has 0 saturated heterocycles. The lowest BCUT2D eigenvalue weighted by Gasteiger charge is -2.22. The topological polar surface area (TPSA) is 92.8 Å². The number of carbonyl (C=O) groups is 2. The fourth-order valence-electron chi connectivity index (χ4n) is 3.25. The fourth-order valence-corrected chi connectivity index (χ4v) is 5.12. The molecule has 0 unspecified atom stereocenters. The maximum Gasteiger partial charge on any atom is 0.310 e. The van der Waals surface area contributed by atoms with Gasteiger partial charge in [0.05, 0.1) is 24.5 Å². The molecule has 0 bridgehead atoms. The molecule has 1 amide bonds. The number of nitrogens with one attached hydrogen (secondary N) is 1. The van der Waals surface area contributed by atoms with Crippen molar-refractivity contribution in [3.05, 3.63) is 94.0 Å². The summed E-state index contributed by atoms with van der Waals surface area (Å²) in [6, 6.07) is 19.3. The number of carbonyl (C=O) groups excluding carboxylic acids is 2. The van der Waals surface area contributed by atoms with Crippen LogP contribution < -0.4 is 5.32 Å². The van der Waals surface area contributed by atoms with E-state index in [0.29, 0.717) is 27.9 Å². The molecule has 0 fully saturated rings. The lowest BCUT2D eigenvalue weighted by molar-refractivity contribution is -0.142. The predicted molar refractivity (Wildman–Crippen MR) is 136 cm³/mol.